The van der Waals surface area contributed by atoms with E-state index in [1.165, 1.54) is 15.7 Å². The molecule has 0 amide bonds. The molecule has 0 saturated carbocycles. The number of hydrogen-bond donors (Lipinski definition) is 0. The van der Waals surface area contributed by atoms with Gasteiger partial charge in [0.05, 0.1) is 5.69 Å². The van der Waals surface area contributed by atoms with Gasteiger partial charge in [-0.15, -0.1) is 11.3 Å². The summed E-state index contributed by atoms with van der Waals surface area (Å²) < 4.78 is 0. The fourth-order valence-corrected chi connectivity index (χ4v) is 2.70. The second-order valence-corrected chi connectivity index (χ2v) is 5.94. The van der Waals surface area contributed by atoms with Gasteiger partial charge in [-0.25, -0.2) is 4.98 Å². The van der Waals surface area contributed by atoms with Crippen LogP contribution in [0.5, 0.6) is 0 Å². The average Bonchev–Trinajstić information content (AvgIpc) is 2.47. The zero-order chi connectivity index (χ0) is 11.4. The van der Waals surface area contributed by atoms with E-state index >= 15 is 0 Å². The molecule has 1 aromatic rings. The molecule has 2 nitrogen and oxygen atoms in total. The van der Waals surface area contributed by atoms with Gasteiger partial charge in [0.25, 0.3) is 0 Å². The van der Waals surface area contributed by atoms with Crippen molar-refractivity contribution in [2.24, 2.45) is 0 Å². The first-order chi connectivity index (χ1) is 7.06. The van der Waals surface area contributed by atoms with Crippen molar-refractivity contribution in [3.8, 4) is 0 Å². The van der Waals surface area contributed by atoms with Crippen LogP contribution >= 0.6 is 27.3 Å². The normalized spacial score (nSPS) is 11.1. The SMILES string of the molecule is Cc1nc(N(CCCBr)C(C)C)sc1C. The predicted octanol–water partition coefficient (Wildman–Crippen LogP) is 3.76. The lowest BCUT2D eigenvalue weighted by atomic mass is 10.3. The Morgan fingerprint density at radius 3 is 2.47 bits per heavy atom. The summed E-state index contributed by atoms with van der Waals surface area (Å²) in [7, 11) is 0. The average molecular weight is 291 g/mol. The van der Waals surface area contributed by atoms with Gasteiger partial charge in [0, 0.05) is 22.8 Å². The first-order valence-corrected chi connectivity index (χ1v) is 7.26. The molecule has 1 heterocycles. The molecule has 0 spiro atoms. The molecule has 1 rings (SSSR count). The quantitative estimate of drug-likeness (QED) is 0.768. The molecular weight excluding hydrogens is 272 g/mol. The molecule has 86 valence electrons. The topological polar surface area (TPSA) is 16.1 Å². The van der Waals surface area contributed by atoms with Crippen molar-refractivity contribution < 1.29 is 0 Å². The van der Waals surface area contributed by atoms with Gasteiger partial charge in [-0.05, 0) is 34.1 Å². The fraction of sp³-hybridized carbons (Fsp3) is 0.727. The molecule has 0 fully saturated rings. The first kappa shape index (κ1) is 13.0. The molecule has 15 heavy (non-hydrogen) atoms. The Hall–Kier alpha value is -0.0900. The van der Waals surface area contributed by atoms with Crippen molar-refractivity contribution in [2.75, 3.05) is 16.8 Å². The molecule has 0 radical (unpaired) electrons. The third-order valence-electron chi connectivity index (χ3n) is 2.42. The van der Waals surface area contributed by atoms with E-state index < -0.39 is 0 Å². The summed E-state index contributed by atoms with van der Waals surface area (Å²) >= 11 is 5.28. The van der Waals surface area contributed by atoms with Crippen LogP contribution in [0.25, 0.3) is 0 Å². The Morgan fingerprint density at radius 2 is 2.07 bits per heavy atom. The molecule has 0 aliphatic rings. The van der Waals surface area contributed by atoms with Gasteiger partial charge < -0.3 is 4.90 Å². The zero-order valence-electron chi connectivity index (χ0n) is 9.88. The monoisotopic (exact) mass is 290 g/mol. The van der Waals surface area contributed by atoms with Gasteiger partial charge in [0.2, 0.25) is 0 Å². The number of aryl methyl sites for hydroxylation is 2. The maximum Gasteiger partial charge on any atom is 0.185 e. The number of hydrogen-bond acceptors (Lipinski definition) is 3. The number of rotatable bonds is 5. The lowest BCUT2D eigenvalue weighted by Crippen LogP contribution is -2.31. The smallest absolute Gasteiger partial charge is 0.185 e. The highest BCUT2D eigenvalue weighted by atomic mass is 79.9. The van der Waals surface area contributed by atoms with Crippen molar-refractivity contribution in [3.63, 3.8) is 0 Å². The maximum absolute atomic E-state index is 4.61. The molecule has 0 N–H and O–H groups in total. The van der Waals surface area contributed by atoms with E-state index in [2.05, 4.69) is 53.5 Å². The van der Waals surface area contributed by atoms with Crippen LogP contribution in [-0.4, -0.2) is 22.9 Å². The van der Waals surface area contributed by atoms with E-state index in [1.807, 2.05) is 0 Å². The molecule has 0 aromatic carbocycles. The summed E-state index contributed by atoms with van der Waals surface area (Å²) in [6.45, 7) is 9.74. The molecule has 0 atom stereocenters. The first-order valence-electron chi connectivity index (χ1n) is 5.33. The van der Waals surface area contributed by atoms with Crippen LogP contribution in [0.3, 0.4) is 0 Å². The van der Waals surface area contributed by atoms with Crippen LogP contribution in [-0.2, 0) is 0 Å². The van der Waals surface area contributed by atoms with Gasteiger partial charge in [-0.2, -0.15) is 0 Å². The highest BCUT2D eigenvalue weighted by molar-refractivity contribution is 9.09. The lowest BCUT2D eigenvalue weighted by Gasteiger charge is -2.25. The van der Waals surface area contributed by atoms with Crippen LogP contribution in [0.4, 0.5) is 5.13 Å². The summed E-state index contributed by atoms with van der Waals surface area (Å²) in [4.78, 5) is 8.32. The van der Waals surface area contributed by atoms with E-state index in [4.69, 9.17) is 0 Å². The molecular formula is C11H19BrN2S. The Morgan fingerprint density at radius 1 is 1.40 bits per heavy atom. The number of alkyl halides is 1. The Labute approximate surface area is 105 Å². The van der Waals surface area contributed by atoms with E-state index in [0.29, 0.717) is 6.04 Å². The minimum Gasteiger partial charge on any atom is -0.346 e. The van der Waals surface area contributed by atoms with E-state index in [0.717, 1.165) is 18.3 Å². The Bertz CT molecular complexity index is 290. The number of aromatic nitrogens is 1. The molecule has 0 saturated heterocycles. The van der Waals surface area contributed by atoms with Crippen LogP contribution in [0.15, 0.2) is 0 Å². The van der Waals surface area contributed by atoms with E-state index in [-0.39, 0.29) is 0 Å². The predicted molar refractivity (Wildman–Crippen MR) is 72.5 cm³/mol. The largest absolute Gasteiger partial charge is 0.346 e. The van der Waals surface area contributed by atoms with E-state index in [9.17, 15) is 0 Å². The van der Waals surface area contributed by atoms with Crippen molar-refractivity contribution in [3.05, 3.63) is 10.6 Å². The Kier molecular flexibility index (Phi) is 5.06. The molecule has 1 aromatic heterocycles. The number of nitrogens with zero attached hydrogens (tertiary/aromatic N) is 2. The van der Waals surface area contributed by atoms with Crippen molar-refractivity contribution in [1.82, 2.24) is 4.98 Å². The number of anilines is 1. The highest BCUT2D eigenvalue weighted by Gasteiger charge is 2.14. The number of thiazole rings is 1. The minimum atomic E-state index is 0.522. The van der Waals surface area contributed by atoms with E-state index in [1.54, 1.807) is 11.3 Å². The third-order valence-corrected chi connectivity index (χ3v) is 4.09. The van der Waals surface area contributed by atoms with Gasteiger partial charge >= 0.3 is 0 Å². The van der Waals surface area contributed by atoms with Crippen LogP contribution in [0.2, 0.25) is 0 Å². The third kappa shape index (κ3) is 3.45. The van der Waals surface area contributed by atoms with Crippen molar-refractivity contribution >= 4 is 32.4 Å². The second-order valence-electron chi connectivity index (χ2n) is 3.97. The van der Waals surface area contributed by atoms with Gasteiger partial charge in [-0.1, -0.05) is 15.9 Å². The maximum atomic E-state index is 4.61. The van der Waals surface area contributed by atoms with Crippen molar-refractivity contribution in [2.45, 2.75) is 40.2 Å². The van der Waals surface area contributed by atoms with Crippen molar-refractivity contribution in [1.29, 1.82) is 0 Å². The molecule has 0 unspecified atom stereocenters. The lowest BCUT2D eigenvalue weighted by molar-refractivity contribution is 0.671. The van der Waals surface area contributed by atoms with Gasteiger partial charge in [-0.3, -0.25) is 0 Å². The molecule has 4 heteroatoms. The number of halogens is 1. The Balaban J connectivity index is 2.79. The molecule has 0 aliphatic carbocycles. The fourth-order valence-electron chi connectivity index (χ4n) is 1.38. The minimum absolute atomic E-state index is 0.522. The summed E-state index contributed by atoms with van der Waals surface area (Å²) in [6.07, 6.45) is 1.16. The summed E-state index contributed by atoms with van der Waals surface area (Å²) in [5.41, 5.74) is 1.17. The van der Waals surface area contributed by atoms with Crippen LogP contribution in [0.1, 0.15) is 30.8 Å². The summed E-state index contributed by atoms with van der Waals surface area (Å²) in [6, 6.07) is 0.522. The van der Waals surface area contributed by atoms with Gasteiger partial charge in [0.15, 0.2) is 5.13 Å². The molecule has 0 aliphatic heterocycles. The van der Waals surface area contributed by atoms with Crippen LogP contribution in [0, 0.1) is 13.8 Å². The molecule has 0 bridgehead atoms. The zero-order valence-corrected chi connectivity index (χ0v) is 12.3. The summed E-state index contributed by atoms with van der Waals surface area (Å²) in [5.74, 6) is 0. The summed E-state index contributed by atoms with van der Waals surface area (Å²) in [5, 5.41) is 2.22. The second kappa shape index (κ2) is 5.85. The van der Waals surface area contributed by atoms with Crippen LogP contribution < -0.4 is 4.90 Å². The highest BCUT2D eigenvalue weighted by Crippen LogP contribution is 2.26. The van der Waals surface area contributed by atoms with Gasteiger partial charge in [0.1, 0.15) is 0 Å². The standard InChI is InChI=1S/C11H19BrN2S/c1-8(2)14(7-5-6-12)11-13-9(3)10(4)15-11/h8H,5-7H2,1-4H3.